The van der Waals surface area contributed by atoms with Gasteiger partial charge in [0.05, 0.1) is 47.8 Å². The fraction of sp³-hybridized carbons (Fsp3) is 0.345. The molecule has 2 amide bonds. The van der Waals surface area contributed by atoms with Gasteiger partial charge in [-0.3, -0.25) is 14.2 Å². The maximum absolute atomic E-state index is 13.7. The Hall–Kier alpha value is -4.58. The van der Waals surface area contributed by atoms with Crippen LogP contribution in [0, 0.1) is 0 Å². The highest BCUT2D eigenvalue weighted by molar-refractivity contribution is 6.11. The zero-order chi connectivity index (χ0) is 28.9. The number of ether oxygens (including phenoxy) is 1. The summed E-state index contributed by atoms with van der Waals surface area (Å²) in [6.07, 6.45) is 5.71. The largest absolute Gasteiger partial charge is 0.443 e. The first-order valence-electron chi connectivity index (χ1n) is 13.4. The second-order valence-corrected chi connectivity index (χ2v) is 11.2. The van der Waals surface area contributed by atoms with Gasteiger partial charge in [-0.05, 0) is 51.0 Å². The summed E-state index contributed by atoms with van der Waals surface area (Å²) in [6, 6.07) is 7.25. The summed E-state index contributed by atoms with van der Waals surface area (Å²) in [4.78, 5) is 42.8. The average molecular weight is 560 g/mol. The summed E-state index contributed by atoms with van der Waals surface area (Å²) in [5, 5.41) is 13.1. The molecule has 12 heteroatoms. The molecule has 4 aromatic rings. The molecule has 0 bridgehead atoms. The van der Waals surface area contributed by atoms with Gasteiger partial charge in [0.1, 0.15) is 23.7 Å². The number of carbonyl (C=O) groups excluding carboxylic acids is 2. The third kappa shape index (κ3) is 5.06. The molecule has 6 rings (SSSR count). The van der Waals surface area contributed by atoms with Crippen LogP contribution in [0.4, 0.5) is 26.4 Å². The van der Waals surface area contributed by atoms with E-state index in [1.54, 1.807) is 63.9 Å². The molecule has 0 radical (unpaired) electrons. The van der Waals surface area contributed by atoms with Crippen molar-refractivity contribution in [2.75, 3.05) is 23.3 Å². The molecule has 2 N–H and O–H groups in total. The molecule has 2 aliphatic heterocycles. The van der Waals surface area contributed by atoms with E-state index >= 15 is 0 Å². The highest BCUT2D eigenvalue weighted by atomic mass is 19.1. The van der Waals surface area contributed by atoms with Crippen LogP contribution in [0.2, 0.25) is 0 Å². The van der Waals surface area contributed by atoms with Gasteiger partial charge in [-0.15, -0.1) is 0 Å². The number of imidazole rings is 1. The molecule has 41 heavy (non-hydrogen) atoms. The van der Waals surface area contributed by atoms with Crippen LogP contribution in [-0.2, 0) is 11.3 Å². The van der Waals surface area contributed by atoms with Gasteiger partial charge in [0.15, 0.2) is 5.65 Å². The monoisotopic (exact) mass is 559 g/mol. The number of piperidine rings is 1. The third-order valence-electron chi connectivity index (χ3n) is 7.17. The highest BCUT2D eigenvalue weighted by Gasteiger charge is 2.39. The predicted molar refractivity (Wildman–Crippen MR) is 150 cm³/mol. The average Bonchev–Trinajstić information content (AvgIpc) is 3.52. The summed E-state index contributed by atoms with van der Waals surface area (Å²) < 4.78 is 21.1. The minimum Gasteiger partial charge on any atom is -0.443 e. The SMILES string of the molecule is CC(C)(C)OC(=O)N1Cc2c(-c3cnc4cnccn34)ccc(Nc3ccc(N4CC[C@H](F)C(O)C4)cn3)c2C1=O. The van der Waals surface area contributed by atoms with Crippen molar-refractivity contribution in [1.82, 2.24) is 24.3 Å². The van der Waals surface area contributed by atoms with E-state index in [0.717, 1.165) is 21.8 Å². The number of β-amino-alcohol motifs (C(OH)–C–C–N with tert-alkyl or cyclic N) is 1. The van der Waals surface area contributed by atoms with Crippen molar-refractivity contribution >= 4 is 34.8 Å². The number of anilines is 3. The van der Waals surface area contributed by atoms with Crippen LogP contribution in [0.1, 0.15) is 43.1 Å². The number of rotatable bonds is 4. The number of pyridine rings is 1. The van der Waals surface area contributed by atoms with Crippen molar-refractivity contribution < 1.29 is 23.8 Å². The number of amides is 2. The molecular weight excluding hydrogens is 529 g/mol. The Balaban J connectivity index is 1.34. The molecule has 1 fully saturated rings. The Morgan fingerprint density at radius 3 is 2.71 bits per heavy atom. The number of nitrogens with one attached hydrogen (secondary N) is 1. The van der Waals surface area contributed by atoms with E-state index in [4.69, 9.17) is 4.74 Å². The van der Waals surface area contributed by atoms with Crippen LogP contribution in [-0.4, -0.2) is 72.3 Å². The second kappa shape index (κ2) is 10.1. The Kier molecular flexibility index (Phi) is 6.57. The molecule has 3 aromatic heterocycles. The number of alkyl halides is 1. The normalized spacial score (nSPS) is 19.0. The molecule has 1 unspecified atom stereocenters. The van der Waals surface area contributed by atoms with E-state index in [0.29, 0.717) is 34.8 Å². The van der Waals surface area contributed by atoms with Crippen LogP contribution in [0.5, 0.6) is 0 Å². The maximum Gasteiger partial charge on any atom is 0.417 e. The number of aliphatic hydroxyl groups is 1. The smallest absolute Gasteiger partial charge is 0.417 e. The highest BCUT2D eigenvalue weighted by Crippen LogP contribution is 2.39. The van der Waals surface area contributed by atoms with Gasteiger partial charge in [0.2, 0.25) is 0 Å². The number of aliphatic hydroxyl groups excluding tert-OH is 1. The van der Waals surface area contributed by atoms with E-state index in [1.807, 2.05) is 21.4 Å². The molecule has 2 atom stereocenters. The second-order valence-electron chi connectivity index (χ2n) is 11.2. The molecule has 5 heterocycles. The molecule has 0 spiro atoms. The molecule has 1 aromatic carbocycles. The number of hydrogen-bond donors (Lipinski definition) is 2. The number of nitrogens with zero attached hydrogens (tertiary/aromatic N) is 6. The zero-order valence-electron chi connectivity index (χ0n) is 22.9. The van der Waals surface area contributed by atoms with Crippen molar-refractivity contribution in [3.05, 3.63) is 66.4 Å². The Bertz CT molecular complexity index is 1630. The quantitative estimate of drug-likeness (QED) is 0.376. The first kappa shape index (κ1) is 26.6. The first-order valence-corrected chi connectivity index (χ1v) is 13.4. The van der Waals surface area contributed by atoms with Crippen molar-refractivity contribution in [2.24, 2.45) is 0 Å². The fourth-order valence-electron chi connectivity index (χ4n) is 5.19. The lowest BCUT2D eigenvalue weighted by Gasteiger charge is -2.33. The molecule has 0 saturated carbocycles. The van der Waals surface area contributed by atoms with E-state index in [9.17, 15) is 19.1 Å². The summed E-state index contributed by atoms with van der Waals surface area (Å²) in [5.41, 5.74) is 3.64. The van der Waals surface area contributed by atoms with E-state index in [1.165, 1.54) is 0 Å². The molecule has 11 nitrogen and oxygen atoms in total. The van der Waals surface area contributed by atoms with Crippen molar-refractivity contribution in [3.63, 3.8) is 0 Å². The Labute approximate surface area is 235 Å². The minimum atomic E-state index is -1.22. The lowest BCUT2D eigenvalue weighted by Crippen LogP contribution is -2.45. The lowest BCUT2D eigenvalue weighted by atomic mass is 9.99. The summed E-state index contributed by atoms with van der Waals surface area (Å²) in [6.45, 7) is 5.96. The summed E-state index contributed by atoms with van der Waals surface area (Å²) >= 11 is 0. The van der Waals surface area contributed by atoms with Crippen LogP contribution in [0.25, 0.3) is 16.9 Å². The molecule has 212 valence electrons. The van der Waals surface area contributed by atoms with E-state index in [-0.39, 0.29) is 19.5 Å². The van der Waals surface area contributed by atoms with Crippen LogP contribution in [0.3, 0.4) is 0 Å². The van der Waals surface area contributed by atoms with Gasteiger partial charge < -0.3 is 20.1 Å². The maximum atomic E-state index is 13.7. The first-order chi connectivity index (χ1) is 19.6. The Morgan fingerprint density at radius 1 is 1.15 bits per heavy atom. The van der Waals surface area contributed by atoms with Crippen LogP contribution in [0.15, 0.2) is 55.2 Å². The molecule has 2 aliphatic rings. The van der Waals surface area contributed by atoms with Crippen molar-refractivity contribution in [1.29, 1.82) is 0 Å². The van der Waals surface area contributed by atoms with Gasteiger partial charge in [0, 0.05) is 31.0 Å². The molecular formula is C29H30FN7O4. The van der Waals surface area contributed by atoms with Crippen LogP contribution >= 0.6 is 0 Å². The molecule has 1 saturated heterocycles. The number of aromatic nitrogens is 4. The van der Waals surface area contributed by atoms with E-state index in [2.05, 4.69) is 20.3 Å². The van der Waals surface area contributed by atoms with Gasteiger partial charge in [-0.25, -0.2) is 24.1 Å². The fourth-order valence-corrected chi connectivity index (χ4v) is 5.19. The van der Waals surface area contributed by atoms with E-state index < -0.39 is 29.9 Å². The number of imide groups is 1. The van der Waals surface area contributed by atoms with Crippen molar-refractivity contribution in [2.45, 2.75) is 51.6 Å². The number of benzene rings is 1. The number of carbonyl (C=O) groups is 2. The standard InChI is InChI=1S/C29H30FN7O4/c1-29(2,3)41-28(40)37-15-19-18(22-13-33-25-14-31-9-11-36(22)25)5-6-21(26(19)27(37)39)34-24-7-4-17(12-32-24)35-10-8-20(30)23(38)16-35/h4-7,9,11-14,20,23,38H,8,10,15-16H2,1-3H3,(H,32,34)/t20-,23?/m0/s1. The summed E-state index contributed by atoms with van der Waals surface area (Å²) in [7, 11) is 0. The predicted octanol–water partition coefficient (Wildman–Crippen LogP) is 4.33. The van der Waals surface area contributed by atoms with Gasteiger partial charge >= 0.3 is 6.09 Å². The lowest BCUT2D eigenvalue weighted by molar-refractivity contribution is 0.0248. The number of fused-ring (bicyclic) bond motifs is 2. The van der Waals surface area contributed by atoms with Crippen molar-refractivity contribution in [3.8, 4) is 11.3 Å². The third-order valence-corrected chi connectivity index (χ3v) is 7.17. The topological polar surface area (TPSA) is 125 Å². The van der Waals surface area contributed by atoms with Gasteiger partial charge in [-0.2, -0.15) is 0 Å². The number of hydrogen-bond acceptors (Lipinski definition) is 9. The van der Waals surface area contributed by atoms with Gasteiger partial charge in [-0.1, -0.05) is 6.07 Å². The Morgan fingerprint density at radius 2 is 1.98 bits per heavy atom. The van der Waals surface area contributed by atoms with Crippen LogP contribution < -0.4 is 10.2 Å². The number of halogens is 1. The minimum absolute atomic E-state index is 0.0332. The summed E-state index contributed by atoms with van der Waals surface area (Å²) in [5.74, 6) is 0.00260. The zero-order valence-corrected chi connectivity index (χ0v) is 22.9. The molecule has 0 aliphatic carbocycles. The van der Waals surface area contributed by atoms with Gasteiger partial charge in [0.25, 0.3) is 5.91 Å².